The maximum Gasteiger partial charge on any atom is 0.338 e. The van der Waals surface area contributed by atoms with Gasteiger partial charge in [-0.25, -0.2) is 19.2 Å². The van der Waals surface area contributed by atoms with Crippen LogP contribution >= 0.6 is 0 Å². The van der Waals surface area contributed by atoms with E-state index in [-0.39, 0.29) is 22.3 Å². The molecule has 0 radical (unpaired) electrons. The molecule has 5 atom stereocenters. The van der Waals surface area contributed by atoms with Gasteiger partial charge in [0.15, 0.2) is 24.6 Å². The van der Waals surface area contributed by atoms with Crippen LogP contribution in [0.15, 0.2) is 97.1 Å². The highest BCUT2D eigenvalue weighted by Gasteiger charge is 2.53. The summed E-state index contributed by atoms with van der Waals surface area (Å²) in [5.41, 5.74) is 4.38. The molecule has 0 amide bonds. The first-order chi connectivity index (χ1) is 24.5. The summed E-state index contributed by atoms with van der Waals surface area (Å²) < 4.78 is 35.4. The van der Waals surface area contributed by atoms with Gasteiger partial charge in [-0.05, 0) is 76.2 Å². The number of ether oxygens (including phenoxy) is 6. The van der Waals surface area contributed by atoms with Gasteiger partial charge in [-0.3, -0.25) is 0 Å². The number of esters is 4. The molecule has 1 saturated heterocycles. The molecule has 1 fully saturated rings. The normalized spacial score (nSPS) is 19.7. The van der Waals surface area contributed by atoms with Crippen molar-refractivity contribution in [3.63, 3.8) is 0 Å². The highest BCUT2D eigenvalue weighted by molar-refractivity contribution is 5.91. The Hall–Kier alpha value is -5.65. The number of aldehydes is 1. The highest BCUT2D eigenvalue weighted by Crippen LogP contribution is 2.32. The third kappa shape index (κ3) is 9.53. The summed E-state index contributed by atoms with van der Waals surface area (Å²) in [6.07, 6.45) is -7.03. The summed E-state index contributed by atoms with van der Waals surface area (Å²) in [5, 5.41) is 0. The van der Waals surface area contributed by atoms with Crippen LogP contribution in [0, 0.1) is 27.7 Å². The van der Waals surface area contributed by atoms with E-state index in [2.05, 4.69) is 0 Å². The van der Waals surface area contributed by atoms with E-state index in [1.807, 2.05) is 27.7 Å². The maximum absolute atomic E-state index is 13.7. The lowest BCUT2D eigenvalue weighted by Crippen LogP contribution is -2.63. The first kappa shape index (κ1) is 36.6. The van der Waals surface area contributed by atoms with Crippen LogP contribution in [0.5, 0.6) is 0 Å². The molecule has 4 aromatic rings. The molecule has 4 aromatic carbocycles. The van der Waals surface area contributed by atoms with Gasteiger partial charge >= 0.3 is 23.9 Å². The van der Waals surface area contributed by atoms with Crippen molar-refractivity contribution < 1.29 is 52.4 Å². The predicted molar refractivity (Wildman–Crippen MR) is 183 cm³/mol. The second-order valence-corrected chi connectivity index (χ2v) is 12.2. The number of aryl methyl sites for hydroxylation is 4. The van der Waals surface area contributed by atoms with Crippen molar-refractivity contribution in [3.8, 4) is 0 Å². The Morgan fingerprint density at radius 2 is 0.882 bits per heavy atom. The lowest BCUT2D eigenvalue weighted by Gasteiger charge is -2.44. The Morgan fingerprint density at radius 1 is 0.529 bits per heavy atom. The minimum Gasteiger partial charge on any atom is -0.459 e. The lowest BCUT2D eigenvalue weighted by atomic mass is 9.97. The van der Waals surface area contributed by atoms with Gasteiger partial charge in [0, 0.05) is 0 Å². The fourth-order valence-corrected chi connectivity index (χ4v) is 5.26. The Balaban J connectivity index is 1.54. The zero-order chi connectivity index (χ0) is 36.5. The maximum atomic E-state index is 13.7. The van der Waals surface area contributed by atoms with Crippen molar-refractivity contribution in [1.29, 1.82) is 0 Å². The second kappa shape index (κ2) is 16.8. The van der Waals surface area contributed by atoms with Gasteiger partial charge in [-0.1, -0.05) is 70.8 Å². The van der Waals surface area contributed by atoms with Crippen LogP contribution in [0.1, 0.15) is 63.7 Å². The smallest absolute Gasteiger partial charge is 0.338 e. The predicted octanol–water partition coefficient (Wildman–Crippen LogP) is 5.69. The van der Waals surface area contributed by atoms with Gasteiger partial charge < -0.3 is 33.2 Å². The molecule has 51 heavy (non-hydrogen) atoms. The second-order valence-electron chi connectivity index (χ2n) is 12.2. The standard InChI is InChI=1S/C40H38O11/c1-24-5-13-28(14-6-24)36(42)47-23-32-33(49-37(43)29-15-7-25(2)8-16-29)34(50-38(44)30-17-9-26(3)10-18-30)35(40(48-32)46-22-21-41)51-39(45)31-19-11-27(4)12-20-31/h5-21,32-35,40H,22-23H2,1-4H3/t32-,33-,34+,35+,40+/m1/s1. The van der Waals surface area contributed by atoms with Crippen molar-refractivity contribution >= 4 is 30.2 Å². The molecule has 11 heteroatoms. The Morgan fingerprint density at radius 3 is 1.27 bits per heavy atom. The molecule has 0 unspecified atom stereocenters. The molecular weight excluding hydrogens is 656 g/mol. The summed E-state index contributed by atoms with van der Waals surface area (Å²) in [7, 11) is 0. The fraction of sp³-hybridized carbons (Fsp3) is 0.275. The van der Waals surface area contributed by atoms with Gasteiger partial charge in [0.1, 0.15) is 25.6 Å². The van der Waals surface area contributed by atoms with E-state index in [1.54, 1.807) is 97.1 Å². The molecule has 0 spiro atoms. The first-order valence-electron chi connectivity index (χ1n) is 16.3. The van der Waals surface area contributed by atoms with E-state index in [0.29, 0.717) is 6.29 Å². The van der Waals surface area contributed by atoms with Crippen LogP contribution in [-0.4, -0.2) is 74.1 Å². The minimum atomic E-state index is -1.57. The largest absolute Gasteiger partial charge is 0.459 e. The summed E-state index contributed by atoms with van der Waals surface area (Å²) in [4.78, 5) is 65.4. The van der Waals surface area contributed by atoms with E-state index in [0.717, 1.165) is 22.3 Å². The van der Waals surface area contributed by atoms with Gasteiger partial charge in [0.05, 0.1) is 22.3 Å². The molecule has 11 nitrogen and oxygen atoms in total. The molecule has 1 heterocycles. The molecule has 0 bridgehead atoms. The van der Waals surface area contributed by atoms with E-state index in [1.165, 1.54) is 0 Å². The van der Waals surface area contributed by atoms with Crippen molar-refractivity contribution in [1.82, 2.24) is 0 Å². The summed E-state index contributed by atoms with van der Waals surface area (Å²) in [6.45, 7) is 6.44. The van der Waals surface area contributed by atoms with Crippen LogP contribution in [-0.2, 0) is 33.2 Å². The van der Waals surface area contributed by atoms with E-state index < -0.39 is 67.8 Å². The number of hydrogen-bond acceptors (Lipinski definition) is 11. The molecule has 1 aliphatic rings. The highest BCUT2D eigenvalue weighted by atomic mass is 16.7. The zero-order valence-electron chi connectivity index (χ0n) is 28.6. The minimum absolute atomic E-state index is 0.159. The molecule has 1 aliphatic heterocycles. The Kier molecular flexibility index (Phi) is 12.1. The average molecular weight is 695 g/mol. The quantitative estimate of drug-likeness (QED) is 0.103. The molecule has 0 aliphatic carbocycles. The summed E-state index contributed by atoms with van der Waals surface area (Å²) in [6, 6.07) is 26.3. The van der Waals surface area contributed by atoms with E-state index in [4.69, 9.17) is 28.4 Å². The lowest BCUT2D eigenvalue weighted by molar-refractivity contribution is -0.296. The van der Waals surface area contributed by atoms with Crippen molar-refractivity contribution in [2.24, 2.45) is 0 Å². The number of carbonyl (C=O) groups excluding carboxylic acids is 5. The van der Waals surface area contributed by atoms with Crippen LogP contribution < -0.4 is 0 Å². The average Bonchev–Trinajstić information content (AvgIpc) is 3.12. The van der Waals surface area contributed by atoms with Crippen LogP contribution in [0.4, 0.5) is 0 Å². The van der Waals surface area contributed by atoms with Gasteiger partial charge in [0.2, 0.25) is 0 Å². The fourth-order valence-electron chi connectivity index (χ4n) is 5.26. The first-order valence-corrected chi connectivity index (χ1v) is 16.3. The number of carbonyl (C=O) groups is 5. The van der Waals surface area contributed by atoms with Crippen LogP contribution in [0.3, 0.4) is 0 Å². The molecule has 0 saturated carbocycles. The van der Waals surface area contributed by atoms with Gasteiger partial charge in [0.25, 0.3) is 0 Å². The molecule has 264 valence electrons. The SMILES string of the molecule is Cc1ccc(C(=O)OC[C@H]2O[C@H](OCC=O)[C@@H](OC(=O)c3ccc(C)cc3)[C@@H](OC(=O)c3ccc(C)cc3)[C@@H]2OC(=O)c2ccc(C)cc2)cc1. The number of rotatable bonds is 12. The molecular formula is C40H38O11. The number of hydrogen-bond donors (Lipinski definition) is 0. The molecule has 0 aromatic heterocycles. The third-order valence-corrected chi connectivity index (χ3v) is 8.18. The van der Waals surface area contributed by atoms with Crippen molar-refractivity contribution in [2.45, 2.75) is 58.4 Å². The summed E-state index contributed by atoms with van der Waals surface area (Å²) in [5.74, 6) is -3.17. The van der Waals surface area contributed by atoms with Gasteiger partial charge in [-0.2, -0.15) is 0 Å². The van der Waals surface area contributed by atoms with Gasteiger partial charge in [-0.15, -0.1) is 0 Å². The third-order valence-electron chi connectivity index (χ3n) is 8.18. The van der Waals surface area contributed by atoms with Crippen LogP contribution in [0.25, 0.3) is 0 Å². The van der Waals surface area contributed by atoms with E-state index in [9.17, 15) is 24.0 Å². The van der Waals surface area contributed by atoms with Crippen molar-refractivity contribution in [3.05, 3.63) is 142 Å². The van der Waals surface area contributed by atoms with Crippen molar-refractivity contribution in [2.75, 3.05) is 13.2 Å². The Bertz CT molecular complexity index is 1830. The topological polar surface area (TPSA) is 141 Å². The monoisotopic (exact) mass is 694 g/mol. The summed E-state index contributed by atoms with van der Waals surface area (Å²) >= 11 is 0. The van der Waals surface area contributed by atoms with Crippen LogP contribution in [0.2, 0.25) is 0 Å². The van der Waals surface area contributed by atoms with E-state index >= 15 is 0 Å². The molecule has 5 rings (SSSR count). The molecule has 0 N–H and O–H groups in total. The zero-order valence-corrected chi connectivity index (χ0v) is 28.6. The Labute approximate surface area is 295 Å². The number of benzene rings is 4.